The molecule has 3 heteroatoms. The van der Waals surface area contributed by atoms with Gasteiger partial charge in [0.2, 0.25) is 0 Å². The molecule has 0 amide bonds. The van der Waals surface area contributed by atoms with Crippen LogP contribution in [-0.2, 0) is 0 Å². The number of hydrogen-bond donors (Lipinski definition) is 0. The molecule has 51 heavy (non-hydrogen) atoms. The first-order chi connectivity index (χ1) is 25.3. The highest BCUT2D eigenvalue weighted by Crippen LogP contribution is 2.77. The van der Waals surface area contributed by atoms with Gasteiger partial charge in [0.15, 0.2) is 0 Å². The first-order valence-electron chi connectivity index (χ1n) is 17.5. The number of benzene rings is 8. The van der Waals surface area contributed by atoms with Crippen molar-refractivity contribution in [3.05, 3.63) is 194 Å². The normalized spacial score (nSPS) is 13.9. The van der Waals surface area contributed by atoms with Gasteiger partial charge in [-0.05, 0) is 83.9 Å². The van der Waals surface area contributed by atoms with Gasteiger partial charge in [-0.25, -0.2) is 0 Å². The Kier molecular flexibility index (Phi) is 6.07. The zero-order chi connectivity index (χ0) is 33.5. The molecule has 0 bridgehead atoms. The van der Waals surface area contributed by atoms with Crippen molar-refractivity contribution in [3.63, 3.8) is 0 Å². The summed E-state index contributed by atoms with van der Waals surface area (Å²) in [6, 6.07) is 72.2. The third-order valence-corrected chi connectivity index (χ3v) is 14.7. The monoisotopic (exact) mass is 668 g/mol. The molecular weight excluding hydrogens is 637 g/mol. The Bertz CT molecular complexity index is 2860. The molecule has 8 aromatic carbocycles. The predicted molar refractivity (Wildman–Crippen MR) is 214 cm³/mol. The smallest absolute Gasteiger partial charge is 0.0673 e. The first kappa shape index (κ1) is 28.5. The zero-order valence-electron chi connectivity index (χ0n) is 27.8. The molecule has 0 N–H and O–H groups in total. The number of fused-ring (bicyclic) bond motifs is 8. The fraction of sp³-hybridized carbons (Fsp3) is 0. The van der Waals surface area contributed by atoms with Crippen LogP contribution in [0.5, 0.6) is 0 Å². The fourth-order valence-electron chi connectivity index (χ4n) is 8.63. The summed E-state index contributed by atoms with van der Waals surface area (Å²) >= 11 is 0. The Morgan fingerprint density at radius 2 is 0.882 bits per heavy atom. The maximum Gasteiger partial charge on any atom is 0.0673 e. The van der Waals surface area contributed by atoms with Gasteiger partial charge >= 0.3 is 0 Å². The van der Waals surface area contributed by atoms with Crippen molar-refractivity contribution in [2.24, 2.45) is 0 Å². The second-order valence-electron chi connectivity index (χ2n) is 13.3. The van der Waals surface area contributed by atoms with Gasteiger partial charge in [0.1, 0.15) is 0 Å². The van der Waals surface area contributed by atoms with Crippen molar-refractivity contribution < 1.29 is 0 Å². The highest BCUT2D eigenvalue weighted by atomic mass is 32.3. The molecule has 2 aromatic heterocycles. The molecule has 2 nitrogen and oxygen atoms in total. The van der Waals surface area contributed by atoms with Crippen molar-refractivity contribution in [2.45, 2.75) is 19.6 Å². The number of nitrogens with zero attached hydrogens (tertiary/aromatic N) is 2. The summed E-state index contributed by atoms with van der Waals surface area (Å²) in [5, 5.41) is 5.08. The molecule has 0 unspecified atom stereocenters. The molecule has 0 spiro atoms. The fourth-order valence-corrected chi connectivity index (χ4v) is 12.8. The lowest BCUT2D eigenvalue weighted by atomic mass is 10.0. The van der Waals surface area contributed by atoms with Gasteiger partial charge < -0.3 is 9.13 Å². The molecule has 3 heterocycles. The van der Waals surface area contributed by atoms with Crippen molar-refractivity contribution >= 4 is 53.6 Å². The van der Waals surface area contributed by atoms with E-state index >= 15 is 0 Å². The van der Waals surface area contributed by atoms with E-state index in [1.165, 1.54) is 85.7 Å². The van der Waals surface area contributed by atoms with Crippen LogP contribution in [0, 0.1) is 0 Å². The quantitative estimate of drug-likeness (QED) is 0.177. The van der Waals surface area contributed by atoms with E-state index in [4.69, 9.17) is 0 Å². The average molecular weight is 669 g/mol. The van der Waals surface area contributed by atoms with Gasteiger partial charge in [-0.3, -0.25) is 0 Å². The second kappa shape index (κ2) is 10.9. The molecule has 1 aliphatic rings. The van der Waals surface area contributed by atoms with E-state index in [9.17, 15) is 0 Å². The third-order valence-electron chi connectivity index (χ3n) is 10.7. The van der Waals surface area contributed by atoms with Crippen molar-refractivity contribution in [3.8, 4) is 22.5 Å². The van der Waals surface area contributed by atoms with Crippen LogP contribution in [0.25, 0.3) is 66.1 Å². The Morgan fingerprint density at radius 3 is 1.55 bits per heavy atom. The Hall–Kier alpha value is -6.29. The molecule has 0 aliphatic carbocycles. The molecular formula is C48H32N2S. The van der Waals surface area contributed by atoms with Gasteiger partial charge in [-0.15, -0.1) is 10.0 Å². The van der Waals surface area contributed by atoms with E-state index in [0.717, 1.165) is 0 Å². The van der Waals surface area contributed by atoms with Crippen LogP contribution in [0.1, 0.15) is 0 Å². The highest BCUT2D eigenvalue weighted by Gasteiger charge is 2.41. The Morgan fingerprint density at radius 1 is 0.333 bits per heavy atom. The Labute approximate surface area is 297 Å². The molecule has 0 saturated carbocycles. The molecule has 0 fully saturated rings. The molecule has 0 saturated heterocycles. The lowest BCUT2D eigenvalue weighted by Gasteiger charge is -2.46. The van der Waals surface area contributed by atoms with Gasteiger partial charge in [-0.2, -0.15) is 0 Å². The van der Waals surface area contributed by atoms with Gasteiger partial charge in [0.25, 0.3) is 0 Å². The van der Waals surface area contributed by atoms with Crippen LogP contribution in [0.4, 0.5) is 0 Å². The molecule has 0 atom stereocenters. The van der Waals surface area contributed by atoms with E-state index < -0.39 is 10.0 Å². The lowest BCUT2D eigenvalue weighted by molar-refractivity contribution is 1.06. The molecule has 10 aromatic rings. The Balaban J connectivity index is 1.38. The third kappa shape index (κ3) is 3.90. The molecule has 240 valence electrons. The zero-order valence-corrected chi connectivity index (χ0v) is 28.6. The van der Waals surface area contributed by atoms with E-state index in [1.54, 1.807) is 0 Å². The van der Waals surface area contributed by atoms with Crippen LogP contribution >= 0.6 is 10.0 Å². The van der Waals surface area contributed by atoms with Crippen LogP contribution in [0.15, 0.2) is 214 Å². The van der Waals surface area contributed by atoms with E-state index in [1.807, 2.05) is 0 Å². The molecule has 0 radical (unpaired) electrons. The molecule has 1 aliphatic heterocycles. The van der Waals surface area contributed by atoms with Gasteiger partial charge in [-0.1, -0.05) is 121 Å². The number of para-hydroxylation sites is 3. The molecule has 11 rings (SSSR count). The standard InChI is InChI=1S/C48H32N2S/c1-4-16-33(17-5-1)34-28-29-44-40(30-34)41-31-35(49-42-24-12-10-22-38(42)39-23-11-13-25-43(39)49)32-47-48(41)50(44)45-26-14-15-27-46(45)51(47,36-18-6-2-7-19-36)37-20-8-3-9-21-37/h1-32H. The summed E-state index contributed by atoms with van der Waals surface area (Å²) in [6.45, 7) is 0. The maximum atomic E-state index is 2.55. The summed E-state index contributed by atoms with van der Waals surface area (Å²) in [4.78, 5) is 5.40. The summed E-state index contributed by atoms with van der Waals surface area (Å²) in [5.74, 6) is 0. The topological polar surface area (TPSA) is 9.86 Å². The summed E-state index contributed by atoms with van der Waals surface area (Å²) in [7, 11) is -1.94. The summed E-state index contributed by atoms with van der Waals surface area (Å²) in [5.41, 5.74) is 9.84. The summed E-state index contributed by atoms with van der Waals surface area (Å²) < 4.78 is 5.04. The van der Waals surface area contributed by atoms with Crippen LogP contribution < -0.4 is 0 Å². The maximum absolute atomic E-state index is 2.55. The second-order valence-corrected chi connectivity index (χ2v) is 16.4. The highest BCUT2D eigenvalue weighted by molar-refractivity contribution is 8.34. The summed E-state index contributed by atoms with van der Waals surface area (Å²) in [6.07, 6.45) is 0. The van der Waals surface area contributed by atoms with Gasteiger partial charge in [0.05, 0.1) is 27.8 Å². The lowest BCUT2D eigenvalue weighted by Crippen LogP contribution is -2.15. The predicted octanol–water partition coefficient (Wildman–Crippen LogP) is 13.2. The van der Waals surface area contributed by atoms with E-state index in [0.29, 0.717) is 0 Å². The minimum absolute atomic E-state index is 1.18. The van der Waals surface area contributed by atoms with Crippen LogP contribution in [0.3, 0.4) is 0 Å². The minimum Gasteiger partial charge on any atom is -0.309 e. The van der Waals surface area contributed by atoms with E-state index in [2.05, 4.69) is 203 Å². The largest absolute Gasteiger partial charge is 0.309 e. The average Bonchev–Trinajstić information content (AvgIpc) is 3.72. The van der Waals surface area contributed by atoms with E-state index in [-0.39, 0.29) is 0 Å². The number of rotatable bonds is 4. The van der Waals surface area contributed by atoms with Crippen molar-refractivity contribution in [1.29, 1.82) is 0 Å². The van der Waals surface area contributed by atoms with Crippen molar-refractivity contribution in [1.82, 2.24) is 9.13 Å². The van der Waals surface area contributed by atoms with Gasteiger partial charge in [0, 0.05) is 46.8 Å². The van der Waals surface area contributed by atoms with Crippen LogP contribution in [-0.4, -0.2) is 9.13 Å². The number of hydrogen-bond acceptors (Lipinski definition) is 0. The van der Waals surface area contributed by atoms with Crippen LogP contribution in [0.2, 0.25) is 0 Å². The number of aromatic nitrogens is 2. The first-order valence-corrected chi connectivity index (χ1v) is 19.1. The van der Waals surface area contributed by atoms with Crippen molar-refractivity contribution in [2.75, 3.05) is 0 Å². The SMILES string of the molecule is c1ccc(-c2ccc3c(c2)c2cc(-n4c5ccccc5c5ccccc54)cc4c2n3-c2ccccc2S4(c2ccccc2)c2ccccc2)cc1. The minimum atomic E-state index is -1.94.